The second kappa shape index (κ2) is 6.15. The molecular formula is C15H21N3O2. The molecule has 1 atom stereocenters. The van der Waals surface area contributed by atoms with Crippen LogP contribution in [0.25, 0.3) is 5.65 Å². The van der Waals surface area contributed by atoms with Gasteiger partial charge in [-0.1, -0.05) is 6.07 Å². The van der Waals surface area contributed by atoms with Crippen molar-refractivity contribution in [2.45, 2.75) is 26.4 Å². The van der Waals surface area contributed by atoms with Crippen LogP contribution in [0.1, 0.15) is 18.2 Å². The highest BCUT2D eigenvalue weighted by atomic mass is 16.5. The summed E-state index contributed by atoms with van der Waals surface area (Å²) in [4.78, 5) is 18.8. The number of aryl methyl sites for hydroxylation is 1. The highest BCUT2D eigenvalue weighted by molar-refractivity contribution is 5.46. The number of fused-ring (bicyclic) bond motifs is 1. The standard InChI is InChI=1S/C15H21N3O2/c1-11-6-5-7-18-14(19)8-13(16-15(11)18)9-17(3)12(2)10-20-4/h5-8,12H,9-10H2,1-4H3/t12-/m1/s1. The molecule has 20 heavy (non-hydrogen) atoms. The highest BCUT2D eigenvalue weighted by Crippen LogP contribution is 2.08. The van der Waals surface area contributed by atoms with Gasteiger partial charge in [0.15, 0.2) is 0 Å². The molecule has 0 bridgehead atoms. The van der Waals surface area contributed by atoms with Crippen molar-refractivity contribution in [1.29, 1.82) is 0 Å². The van der Waals surface area contributed by atoms with Crippen molar-refractivity contribution in [1.82, 2.24) is 14.3 Å². The molecule has 0 unspecified atom stereocenters. The molecule has 108 valence electrons. The van der Waals surface area contributed by atoms with Crippen molar-refractivity contribution in [2.75, 3.05) is 20.8 Å². The second-order valence-corrected chi connectivity index (χ2v) is 5.19. The Labute approximate surface area is 118 Å². The van der Waals surface area contributed by atoms with E-state index in [1.54, 1.807) is 23.8 Å². The topological polar surface area (TPSA) is 46.8 Å². The summed E-state index contributed by atoms with van der Waals surface area (Å²) in [5, 5.41) is 0. The smallest absolute Gasteiger partial charge is 0.258 e. The highest BCUT2D eigenvalue weighted by Gasteiger charge is 2.11. The Morgan fingerprint density at radius 1 is 1.50 bits per heavy atom. The maximum Gasteiger partial charge on any atom is 0.258 e. The molecule has 0 saturated carbocycles. The van der Waals surface area contributed by atoms with E-state index in [2.05, 4.69) is 16.8 Å². The predicted octanol–water partition coefficient (Wildman–Crippen LogP) is 1.47. The fourth-order valence-corrected chi connectivity index (χ4v) is 2.17. The lowest BCUT2D eigenvalue weighted by Crippen LogP contribution is -2.33. The molecule has 0 aliphatic rings. The summed E-state index contributed by atoms with van der Waals surface area (Å²) >= 11 is 0. The van der Waals surface area contributed by atoms with Gasteiger partial charge in [-0.25, -0.2) is 4.98 Å². The van der Waals surface area contributed by atoms with E-state index in [0.29, 0.717) is 13.2 Å². The monoisotopic (exact) mass is 275 g/mol. The van der Waals surface area contributed by atoms with E-state index in [4.69, 9.17) is 4.74 Å². The maximum absolute atomic E-state index is 12.1. The van der Waals surface area contributed by atoms with Gasteiger partial charge in [-0.15, -0.1) is 0 Å². The lowest BCUT2D eigenvalue weighted by molar-refractivity contribution is 0.111. The number of nitrogens with zero attached hydrogens (tertiary/aromatic N) is 3. The van der Waals surface area contributed by atoms with Crippen molar-refractivity contribution >= 4 is 5.65 Å². The molecule has 0 aliphatic heterocycles. The van der Waals surface area contributed by atoms with Gasteiger partial charge >= 0.3 is 0 Å². The average molecular weight is 275 g/mol. The van der Waals surface area contributed by atoms with Gasteiger partial charge in [0.1, 0.15) is 5.65 Å². The Morgan fingerprint density at radius 2 is 2.25 bits per heavy atom. The van der Waals surface area contributed by atoms with E-state index >= 15 is 0 Å². The first-order chi connectivity index (χ1) is 9.52. The van der Waals surface area contributed by atoms with Crippen LogP contribution in [-0.2, 0) is 11.3 Å². The molecule has 2 heterocycles. The molecule has 0 amide bonds. The van der Waals surface area contributed by atoms with Gasteiger partial charge < -0.3 is 4.74 Å². The molecule has 5 nitrogen and oxygen atoms in total. The van der Waals surface area contributed by atoms with Gasteiger partial charge in [-0.05, 0) is 32.5 Å². The minimum atomic E-state index is -0.0403. The van der Waals surface area contributed by atoms with Crippen LogP contribution in [0.3, 0.4) is 0 Å². The molecule has 0 spiro atoms. The van der Waals surface area contributed by atoms with Crippen LogP contribution < -0.4 is 5.56 Å². The lowest BCUT2D eigenvalue weighted by Gasteiger charge is -2.23. The summed E-state index contributed by atoms with van der Waals surface area (Å²) < 4.78 is 6.73. The minimum absolute atomic E-state index is 0.0403. The van der Waals surface area contributed by atoms with Gasteiger partial charge in [0, 0.05) is 32.0 Å². The van der Waals surface area contributed by atoms with Crippen molar-refractivity contribution in [3.63, 3.8) is 0 Å². The number of aromatic nitrogens is 2. The zero-order valence-electron chi connectivity index (χ0n) is 12.5. The van der Waals surface area contributed by atoms with Crippen molar-refractivity contribution in [3.05, 3.63) is 46.0 Å². The van der Waals surface area contributed by atoms with E-state index in [1.165, 1.54) is 0 Å². The van der Waals surface area contributed by atoms with Crippen LogP contribution in [0, 0.1) is 6.92 Å². The summed E-state index contributed by atoms with van der Waals surface area (Å²) in [5.41, 5.74) is 2.47. The molecule has 0 aliphatic carbocycles. The average Bonchev–Trinajstić information content (AvgIpc) is 2.40. The minimum Gasteiger partial charge on any atom is -0.383 e. The first-order valence-electron chi connectivity index (χ1n) is 6.70. The number of rotatable bonds is 5. The third kappa shape index (κ3) is 3.05. The molecule has 0 fully saturated rings. The van der Waals surface area contributed by atoms with Gasteiger partial charge in [-0.2, -0.15) is 0 Å². The number of hydrogen-bond acceptors (Lipinski definition) is 4. The third-order valence-corrected chi connectivity index (χ3v) is 3.51. The van der Waals surface area contributed by atoms with Crippen molar-refractivity contribution < 1.29 is 4.74 Å². The Hall–Kier alpha value is -1.72. The van der Waals surface area contributed by atoms with E-state index in [9.17, 15) is 4.79 Å². The van der Waals surface area contributed by atoms with E-state index in [1.807, 2.05) is 26.1 Å². The molecule has 0 aromatic carbocycles. The molecular weight excluding hydrogens is 254 g/mol. The molecule has 0 saturated heterocycles. The lowest BCUT2D eigenvalue weighted by atomic mass is 10.2. The molecule has 0 radical (unpaired) electrons. The summed E-state index contributed by atoms with van der Waals surface area (Å²) in [6.45, 7) is 5.33. The summed E-state index contributed by atoms with van der Waals surface area (Å²) in [6, 6.07) is 5.69. The summed E-state index contributed by atoms with van der Waals surface area (Å²) in [7, 11) is 3.69. The maximum atomic E-state index is 12.1. The van der Waals surface area contributed by atoms with E-state index in [0.717, 1.165) is 16.9 Å². The number of methoxy groups -OCH3 is 1. The Bertz CT molecular complexity index is 651. The Kier molecular flexibility index (Phi) is 4.52. The number of pyridine rings is 1. The number of hydrogen-bond donors (Lipinski definition) is 0. The second-order valence-electron chi connectivity index (χ2n) is 5.19. The normalized spacial score (nSPS) is 13.1. The molecule has 2 aromatic heterocycles. The van der Waals surface area contributed by atoms with E-state index in [-0.39, 0.29) is 11.6 Å². The molecule has 0 N–H and O–H groups in total. The molecule has 2 aromatic rings. The SMILES string of the molecule is COC[C@@H](C)N(C)Cc1cc(=O)n2cccc(C)c2n1. The van der Waals surface area contributed by atoms with Gasteiger partial charge in [0.05, 0.1) is 12.3 Å². The van der Waals surface area contributed by atoms with Crippen LogP contribution in [0.4, 0.5) is 0 Å². The quantitative estimate of drug-likeness (QED) is 0.829. The zero-order chi connectivity index (χ0) is 14.7. The third-order valence-electron chi connectivity index (χ3n) is 3.51. The molecule has 5 heteroatoms. The van der Waals surface area contributed by atoms with Gasteiger partial charge in [0.25, 0.3) is 5.56 Å². The fraction of sp³-hybridized carbons (Fsp3) is 0.467. The van der Waals surface area contributed by atoms with Crippen LogP contribution >= 0.6 is 0 Å². The first kappa shape index (κ1) is 14.7. The summed E-state index contributed by atoms with van der Waals surface area (Å²) in [5.74, 6) is 0. The van der Waals surface area contributed by atoms with E-state index < -0.39 is 0 Å². The van der Waals surface area contributed by atoms with Gasteiger partial charge in [-0.3, -0.25) is 14.1 Å². The number of ether oxygens (including phenoxy) is 1. The Morgan fingerprint density at radius 3 is 2.95 bits per heavy atom. The van der Waals surface area contributed by atoms with Crippen LogP contribution in [0.15, 0.2) is 29.2 Å². The van der Waals surface area contributed by atoms with Crippen LogP contribution in [0.2, 0.25) is 0 Å². The first-order valence-corrected chi connectivity index (χ1v) is 6.70. The fourth-order valence-electron chi connectivity index (χ4n) is 2.17. The van der Waals surface area contributed by atoms with Gasteiger partial charge in [0.2, 0.25) is 0 Å². The van der Waals surface area contributed by atoms with Crippen molar-refractivity contribution in [2.24, 2.45) is 0 Å². The largest absolute Gasteiger partial charge is 0.383 e. The molecule has 2 rings (SSSR count). The van der Waals surface area contributed by atoms with Crippen LogP contribution in [-0.4, -0.2) is 41.1 Å². The predicted molar refractivity (Wildman–Crippen MR) is 79.0 cm³/mol. The zero-order valence-corrected chi connectivity index (χ0v) is 12.5. The Balaban J connectivity index is 2.32. The summed E-state index contributed by atoms with van der Waals surface area (Å²) in [6.07, 6.45) is 1.75. The number of likely N-dealkylation sites (N-methyl/N-ethyl adjacent to an activating group) is 1. The van der Waals surface area contributed by atoms with Crippen molar-refractivity contribution in [3.8, 4) is 0 Å². The van der Waals surface area contributed by atoms with Crippen LogP contribution in [0.5, 0.6) is 0 Å².